The maximum Gasteiger partial charge on any atom is 0.311 e. The Kier molecular flexibility index (Phi) is 5.02. The van der Waals surface area contributed by atoms with E-state index in [1.807, 2.05) is 4.90 Å². The first-order valence-electron chi connectivity index (χ1n) is 7.06. The summed E-state index contributed by atoms with van der Waals surface area (Å²) in [5.41, 5.74) is 0.0387. The van der Waals surface area contributed by atoms with Gasteiger partial charge >= 0.3 is 5.69 Å². The summed E-state index contributed by atoms with van der Waals surface area (Å²) >= 11 is 0. The first-order valence-corrected chi connectivity index (χ1v) is 8.95. The van der Waals surface area contributed by atoms with Crippen molar-refractivity contribution in [3.63, 3.8) is 0 Å². The molecular weight excluding hydrogens is 308 g/mol. The predicted octanol–water partition coefficient (Wildman–Crippen LogP) is 1.86. The van der Waals surface area contributed by atoms with Crippen molar-refractivity contribution in [3.05, 3.63) is 28.3 Å². The molecule has 1 aromatic rings. The molecule has 0 spiro atoms. The summed E-state index contributed by atoms with van der Waals surface area (Å²) in [7, 11) is -2.03. The van der Waals surface area contributed by atoms with Crippen LogP contribution in [0.1, 0.15) is 12.8 Å². The standard InChI is InChI=1S/C14H20N2O5S/c1-21-10-11-5-4-8-15(9-11)12-6-3-7-13(22(2,19)20)14(12)16(17)18/h3,6-7,11H,4-5,8-10H2,1-2H3. The number of para-hydroxylation sites is 1. The van der Waals surface area contributed by atoms with E-state index < -0.39 is 14.8 Å². The highest BCUT2D eigenvalue weighted by Crippen LogP contribution is 2.36. The number of anilines is 1. The van der Waals surface area contributed by atoms with Crippen LogP contribution in [-0.2, 0) is 14.6 Å². The number of nitro benzene ring substituents is 1. The Morgan fingerprint density at radius 2 is 2.18 bits per heavy atom. The highest BCUT2D eigenvalue weighted by atomic mass is 32.2. The molecule has 0 radical (unpaired) electrons. The normalized spacial score (nSPS) is 19.2. The largest absolute Gasteiger partial charge is 0.384 e. The molecular formula is C14H20N2O5S. The van der Waals surface area contributed by atoms with Crippen LogP contribution < -0.4 is 4.90 Å². The van der Waals surface area contributed by atoms with E-state index in [9.17, 15) is 18.5 Å². The highest BCUT2D eigenvalue weighted by Gasteiger charge is 2.31. The maximum absolute atomic E-state index is 11.8. The predicted molar refractivity (Wildman–Crippen MR) is 83.0 cm³/mol. The van der Waals surface area contributed by atoms with Gasteiger partial charge in [0, 0.05) is 26.5 Å². The minimum absolute atomic E-state index is 0.233. The van der Waals surface area contributed by atoms with Gasteiger partial charge < -0.3 is 9.64 Å². The van der Waals surface area contributed by atoms with E-state index in [0.29, 0.717) is 31.3 Å². The second-order valence-electron chi connectivity index (χ2n) is 5.56. The van der Waals surface area contributed by atoms with Crippen LogP contribution in [-0.4, -0.2) is 46.4 Å². The average molecular weight is 328 g/mol. The van der Waals surface area contributed by atoms with Gasteiger partial charge in [0.25, 0.3) is 0 Å². The number of benzene rings is 1. The van der Waals surface area contributed by atoms with Crippen LogP contribution >= 0.6 is 0 Å². The van der Waals surface area contributed by atoms with Gasteiger partial charge in [-0.2, -0.15) is 0 Å². The molecule has 22 heavy (non-hydrogen) atoms. The van der Waals surface area contributed by atoms with Crippen LogP contribution in [0.15, 0.2) is 23.1 Å². The molecule has 2 rings (SSSR count). The Hall–Kier alpha value is -1.67. The van der Waals surface area contributed by atoms with E-state index in [2.05, 4.69) is 0 Å². The summed E-state index contributed by atoms with van der Waals surface area (Å²) in [6.45, 7) is 1.90. The van der Waals surface area contributed by atoms with E-state index in [-0.39, 0.29) is 10.6 Å². The Balaban J connectivity index is 2.44. The van der Waals surface area contributed by atoms with Gasteiger partial charge in [0.2, 0.25) is 0 Å². The molecule has 0 bridgehead atoms. The van der Waals surface area contributed by atoms with Gasteiger partial charge in [-0.1, -0.05) is 6.07 Å². The smallest absolute Gasteiger partial charge is 0.311 e. The molecule has 0 aliphatic carbocycles. The Morgan fingerprint density at radius 3 is 2.77 bits per heavy atom. The molecule has 0 amide bonds. The lowest BCUT2D eigenvalue weighted by Crippen LogP contribution is -2.37. The van der Waals surface area contributed by atoms with Crippen molar-refractivity contribution in [2.24, 2.45) is 5.92 Å². The number of nitro groups is 1. The number of methoxy groups -OCH3 is 1. The van der Waals surface area contributed by atoms with E-state index in [4.69, 9.17) is 4.74 Å². The lowest BCUT2D eigenvalue weighted by molar-refractivity contribution is -0.387. The molecule has 1 aromatic carbocycles. The van der Waals surface area contributed by atoms with Crippen LogP contribution in [0.3, 0.4) is 0 Å². The van der Waals surface area contributed by atoms with Crippen molar-refractivity contribution in [2.45, 2.75) is 17.7 Å². The summed E-state index contributed by atoms with van der Waals surface area (Å²) < 4.78 is 28.8. The number of rotatable bonds is 5. The quantitative estimate of drug-likeness (QED) is 0.605. The van der Waals surface area contributed by atoms with Crippen molar-refractivity contribution in [1.29, 1.82) is 0 Å². The van der Waals surface area contributed by atoms with Crippen LogP contribution in [0.25, 0.3) is 0 Å². The monoisotopic (exact) mass is 328 g/mol. The van der Waals surface area contributed by atoms with E-state index in [0.717, 1.165) is 19.1 Å². The maximum atomic E-state index is 11.8. The highest BCUT2D eigenvalue weighted by molar-refractivity contribution is 7.90. The molecule has 1 atom stereocenters. The SMILES string of the molecule is COCC1CCCN(c2cccc(S(C)(=O)=O)c2[N+](=O)[O-])C1. The molecule has 0 saturated carbocycles. The Morgan fingerprint density at radius 1 is 1.45 bits per heavy atom. The van der Waals surface area contributed by atoms with Gasteiger partial charge in [0.05, 0.1) is 11.5 Å². The zero-order chi connectivity index (χ0) is 16.3. The fourth-order valence-corrected chi connectivity index (χ4v) is 3.76. The zero-order valence-corrected chi connectivity index (χ0v) is 13.5. The molecule has 8 heteroatoms. The summed E-state index contributed by atoms with van der Waals surface area (Å²) in [5, 5.41) is 11.4. The average Bonchev–Trinajstić information content (AvgIpc) is 2.46. The first kappa shape index (κ1) is 16.7. The summed E-state index contributed by atoms with van der Waals surface area (Å²) in [5.74, 6) is 0.292. The van der Waals surface area contributed by atoms with Crippen LogP contribution in [0.4, 0.5) is 11.4 Å². The third kappa shape index (κ3) is 3.56. The Bertz CT molecular complexity index is 657. The molecule has 1 aliphatic heterocycles. The lowest BCUT2D eigenvalue weighted by atomic mass is 9.98. The van der Waals surface area contributed by atoms with Crippen LogP contribution in [0.5, 0.6) is 0 Å². The van der Waals surface area contributed by atoms with E-state index in [1.165, 1.54) is 6.07 Å². The molecule has 7 nitrogen and oxygen atoms in total. The summed E-state index contributed by atoms with van der Waals surface area (Å²) in [6, 6.07) is 4.45. The van der Waals surface area contributed by atoms with Gasteiger partial charge in [0.15, 0.2) is 9.84 Å². The van der Waals surface area contributed by atoms with E-state index in [1.54, 1.807) is 19.2 Å². The van der Waals surface area contributed by atoms with Gasteiger partial charge in [-0.05, 0) is 30.9 Å². The second kappa shape index (κ2) is 6.62. The molecule has 1 fully saturated rings. The molecule has 1 unspecified atom stereocenters. The molecule has 122 valence electrons. The van der Waals surface area contributed by atoms with Crippen LogP contribution in [0.2, 0.25) is 0 Å². The fourth-order valence-electron chi connectivity index (χ4n) is 2.90. The second-order valence-corrected chi connectivity index (χ2v) is 7.55. The molecule has 1 aliphatic rings. The summed E-state index contributed by atoms with van der Waals surface area (Å²) in [4.78, 5) is 12.5. The van der Waals surface area contributed by atoms with E-state index >= 15 is 0 Å². The van der Waals surface area contributed by atoms with Crippen molar-refractivity contribution >= 4 is 21.2 Å². The molecule has 0 aromatic heterocycles. The fraction of sp³-hybridized carbons (Fsp3) is 0.571. The number of sulfone groups is 1. The third-order valence-corrected chi connectivity index (χ3v) is 4.95. The number of hydrogen-bond acceptors (Lipinski definition) is 6. The van der Waals surface area contributed by atoms with Gasteiger partial charge in [-0.25, -0.2) is 8.42 Å². The number of ether oxygens (including phenoxy) is 1. The molecule has 0 N–H and O–H groups in total. The van der Waals surface area contributed by atoms with Gasteiger partial charge in [-0.15, -0.1) is 0 Å². The van der Waals surface area contributed by atoms with Crippen molar-refractivity contribution < 1.29 is 18.1 Å². The Labute approximate surface area is 129 Å². The minimum Gasteiger partial charge on any atom is -0.384 e. The molecule has 1 heterocycles. The number of nitrogens with zero attached hydrogens (tertiary/aromatic N) is 2. The zero-order valence-electron chi connectivity index (χ0n) is 12.7. The van der Waals surface area contributed by atoms with Gasteiger partial charge in [-0.3, -0.25) is 10.1 Å². The molecule has 1 saturated heterocycles. The number of hydrogen-bond donors (Lipinski definition) is 0. The lowest BCUT2D eigenvalue weighted by Gasteiger charge is -2.33. The van der Waals surface area contributed by atoms with Crippen LogP contribution in [0, 0.1) is 16.0 Å². The first-order chi connectivity index (χ1) is 10.3. The minimum atomic E-state index is -3.66. The topological polar surface area (TPSA) is 89.8 Å². The van der Waals surface area contributed by atoms with Gasteiger partial charge in [0.1, 0.15) is 10.6 Å². The van der Waals surface area contributed by atoms with Crippen molar-refractivity contribution in [3.8, 4) is 0 Å². The van der Waals surface area contributed by atoms with Crippen molar-refractivity contribution in [1.82, 2.24) is 0 Å². The van der Waals surface area contributed by atoms with Crippen molar-refractivity contribution in [2.75, 3.05) is 38.0 Å². The third-order valence-electron chi connectivity index (χ3n) is 3.82. The summed E-state index contributed by atoms with van der Waals surface area (Å²) in [6.07, 6.45) is 2.89. The number of piperidine rings is 1.